The molecule has 0 unspecified atom stereocenters. The molecule has 1 aromatic rings. The average Bonchev–Trinajstić information content (AvgIpc) is 2.06. The highest BCUT2D eigenvalue weighted by Gasteiger charge is 2.20. The van der Waals surface area contributed by atoms with Crippen LogP contribution in [-0.4, -0.2) is 15.2 Å². The largest absolute Gasteiger partial charge is 0.359 e. The molecule has 0 saturated heterocycles. The summed E-state index contributed by atoms with van der Waals surface area (Å²) >= 11 is 0. The van der Waals surface area contributed by atoms with Crippen molar-refractivity contribution in [3.8, 4) is 0 Å². The van der Waals surface area contributed by atoms with E-state index in [4.69, 9.17) is 0 Å². The first-order chi connectivity index (χ1) is 5.17. The van der Waals surface area contributed by atoms with Crippen LogP contribution >= 0.6 is 0 Å². The molecule has 0 bridgehead atoms. The fraction of sp³-hybridized carbons (Fsp3) is 0.125. The van der Waals surface area contributed by atoms with Crippen LogP contribution in [0.3, 0.4) is 0 Å². The fourth-order valence-electron chi connectivity index (χ4n) is 0.698. The normalized spacial score (nSPS) is 11.1. The molecule has 1 heterocycles. The summed E-state index contributed by atoms with van der Waals surface area (Å²) in [7, 11) is 0. The second kappa shape index (κ2) is 2.82. The first-order valence-corrected chi connectivity index (χ1v) is 3.15. The van der Waals surface area contributed by atoms with Gasteiger partial charge in [0, 0.05) is 18.0 Å². The number of hydrogen-bond donors (Lipinski definition) is 2. The zero-order chi connectivity index (χ0) is 8.32. The van der Waals surface area contributed by atoms with Crippen LogP contribution in [0.1, 0.15) is 5.56 Å². The summed E-state index contributed by atoms with van der Waals surface area (Å²) in [5.41, 5.74) is 0.315. The van der Waals surface area contributed by atoms with Crippen molar-refractivity contribution in [2.75, 3.05) is 0 Å². The Bertz CT molecular complexity index is 244. The topological polar surface area (TPSA) is 53.4 Å². The van der Waals surface area contributed by atoms with Gasteiger partial charge in [0.15, 0.2) is 0 Å². The summed E-state index contributed by atoms with van der Waals surface area (Å²) in [6.45, 7) is 3.28. The Kier molecular flexibility index (Phi) is 2.03. The summed E-state index contributed by atoms with van der Waals surface area (Å²) in [6.07, 6.45) is 3.98. The van der Waals surface area contributed by atoms with Crippen molar-refractivity contribution < 1.29 is 10.2 Å². The van der Waals surface area contributed by atoms with E-state index in [1.54, 1.807) is 18.3 Å². The molecule has 0 spiro atoms. The van der Waals surface area contributed by atoms with Gasteiger partial charge in [0.1, 0.15) is 0 Å². The van der Waals surface area contributed by atoms with E-state index in [0.29, 0.717) is 5.56 Å². The Morgan fingerprint density at radius 2 is 2.27 bits per heavy atom. The van der Waals surface area contributed by atoms with Crippen molar-refractivity contribution in [3.05, 3.63) is 42.7 Å². The molecular formula is C8H9NO2. The zero-order valence-electron chi connectivity index (χ0n) is 5.94. The van der Waals surface area contributed by atoms with E-state index in [2.05, 4.69) is 11.6 Å². The van der Waals surface area contributed by atoms with Gasteiger partial charge in [-0.15, -0.1) is 0 Å². The van der Waals surface area contributed by atoms with Gasteiger partial charge >= 0.3 is 0 Å². The van der Waals surface area contributed by atoms with Crippen molar-refractivity contribution in [1.29, 1.82) is 0 Å². The minimum absolute atomic E-state index is 0.315. The molecule has 0 aliphatic heterocycles. The van der Waals surface area contributed by atoms with E-state index in [-0.39, 0.29) is 0 Å². The van der Waals surface area contributed by atoms with Gasteiger partial charge < -0.3 is 10.2 Å². The Hall–Kier alpha value is -1.19. The van der Waals surface area contributed by atoms with E-state index in [1.165, 1.54) is 6.20 Å². The lowest BCUT2D eigenvalue weighted by molar-refractivity contribution is -0.125. The van der Waals surface area contributed by atoms with Gasteiger partial charge in [-0.3, -0.25) is 4.98 Å². The predicted molar refractivity (Wildman–Crippen MR) is 40.5 cm³/mol. The van der Waals surface area contributed by atoms with Crippen LogP contribution in [0, 0.1) is 0 Å². The van der Waals surface area contributed by atoms with Gasteiger partial charge in [-0.25, -0.2) is 0 Å². The predicted octanol–water partition coefficient (Wildman–Crippen LogP) is 0.405. The van der Waals surface area contributed by atoms with E-state index < -0.39 is 5.79 Å². The van der Waals surface area contributed by atoms with Crippen LogP contribution in [0.5, 0.6) is 0 Å². The molecule has 3 nitrogen and oxygen atoms in total. The number of aliphatic hydroxyl groups is 2. The molecule has 3 heteroatoms. The van der Waals surface area contributed by atoms with Gasteiger partial charge in [0.25, 0.3) is 0 Å². The number of pyridine rings is 1. The maximum atomic E-state index is 9.19. The summed E-state index contributed by atoms with van der Waals surface area (Å²) < 4.78 is 0. The van der Waals surface area contributed by atoms with Crippen molar-refractivity contribution in [2.24, 2.45) is 0 Å². The van der Waals surface area contributed by atoms with Crippen molar-refractivity contribution in [3.63, 3.8) is 0 Å². The molecule has 0 aliphatic rings. The van der Waals surface area contributed by atoms with Gasteiger partial charge in [-0.1, -0.05) is 12.6 Å². The maximum Gasteiger partial charge on any atom is 0.211 e. The third kappa shape index (κ3) is 1.63. The van der Waals surface area contributed by atoms with Gasteiger partial charge in [0.05, 0.1) is 0 Å². The zero-order valence-corrected chi connectivity index (χ0v) is 5.94. The molecule has 0 saturated carbocycles. The van der Waals surface area contributed by atoms with Gasteiger partial charge in [-0.2, -0.15) is 0 Å². The smallest absolute Gasteiger partial charge is 0.211 e. The second-order valence-corrected chi connectivity index (χ2v) is 2.17. The maximum absolute atomic E-state index is 9.19. The molecule has 11 heavy (non-hydrogen) atoms. The number of hydrogen-bond acceptors (Lipinski definition) is 3. The third-order valence-corrected chi connectivity index (χ3v) is 1.37. The number of aromatic nitrogens is 1. The van der Waals surface area contributed by atoms with E-state index >= 15 is 0 Å². The van der Waals surface area contributed by atoms with Crippen LogP contribution in [0.25, 0.3) is 0 Å². The summed E-state index contributed by atoms with van der Waals surface area (Å²) in [4.78, 5) is 3.73. The molecular weight excluding hydrogens is 142 g/mol. The van der Waals surface area contributed by atoms with Crippen molar-refractivity contribution >= 4 is 0 Å². The number of nitrogens with zero attached hydrogens (tertiary/aromatic N) is 1. The van der Waals surface area contributed by atoms with Crippen LogP contribution < -0.4 is 0 Å². The molecule has 0 atom stereocenters. The van der Waals surface area contributed by atoms with Crippen LogP contribution in [-0.2, 0) is 5.79 Å². The fourth-order valence-corrected chi connectivity index (χ4v) is 0.698. The summed E-state index contributed by atoms with van der Waals surface area (Å²) in [5.74, 6) is -1.96. The Labute approximate surface area is 64.6 Å². The van der Waals surface area contributed by atoms with Gasteiger partial charge in [-0.05, 0) is 12.1 Å². The highest BCUT2D eigenvalue weighted by atomic mass is 16.5. The Morgan fingerprint density at radius 1 is 1.55 bits per heavy atom. The average molecular weight is 151 g/mol. The SMILES string of the molecule is C=CC(O)(O)c1cccnc1. The standard InChI is InChI=1S/C8H9NO2/c1-2-8(10,11)7-4-3-5-9-6-7/h2-6,10-11H,1H2. The number of rotatable bonds is 2. The highest BCUT2D eigenvalue weighted by molar-refractivity contribution is 5.18. The van der Waals surface area contributed by atoms with E-state index in [0.717, 1.165) is 6.08 Å². The highest BCUT2D eigenvalue weighted by Crippen LogP contribution is 2.16. The summed E-state index contributed by atoms with van der Waals surface area (Å²) in [6, 6.07) is 3.19. The molecule has 0 amide bonds. The lowest BCUT2D eigenvalue weighted by atomic mass is 10.1. The van der Waals surface area contributed by atoms with Crippen LogP contribution in [0.4, 0.5) is 0 Å². The first-order valence-electron chi connectivity index (χ1n) is 3.15. The van der Waals surface area contributed by atoms with E-state index in [9.17, 15) is 10.2 Å². The molecule has 1 aromatic heterocycles. The molecule has 2 N–H and O–H groups in total. The van der Waals surface area contributed by atoms with Crippen LogP contribution in [0.2, 0.25) is 0 Å². The quantitative estimate of drug-likeness (QED) is 0.475. The Morgan fingerprint density at radius 3 is 2.73 bits per heavy atom. The molecule has 0 fully saturated rings. The van der Waals surface area contributed by atoms with Crippen LogP contribution in [0.15, 0.2) is 37.2 Å². The lowest BCUT2D eigenvalue weighted by Gasteiger charge is -2.15. The molecule has 0 aromatic carbocycles. The van der Waals surface area contributed by atoms with Gasteiger partial charge in [0.2, 0.25) is 5.79 Å². The molecule has 58 valence electrons. The lowest BCUT2D eigenvalue weighted by Crippen LogP contribution is -2.21. The van der Waals surface area contributed by atoms with Crippen molar-refractivity contribution in [2.45, 2.75) is 5.79 Å². The molecule has 0 aliphatic carbocycles. The third-order valence-electron chi connectivity index (χ3n) is 1.37. The summed E-state index contributed by atoms with van der Waals surface area (Å²) in [5, 5.41) is 18.4. The Balaban J connectivity index is 3.02. The minimum atomic E-state index is -1.96. The van der Waals surface area contributed by atoms with E-state index in [1.807, 2.05) is 0 Å². The first kappa shape index (κ1) is 7.91. The second-order valence-electron chi connectivity index (χ2n) is 2.17. The minimum Gasteiger partial charge on any atom is -0.359 e. The molecule has 0 radical (unpaired) electrons. The molecule has 1 rings (SSSR count). The van der Waals surface area contributed by atoms with Crippen molar-refractivity contribution in [1.82, 2.24) is 4.98 Å². The monoisotopic (exact) mass is 151 g/mol.